The molecule has 0 aliphatic rings. The quantitative estimate of drug-likeness (QED) is 0.348. The van der Waals surface area contributed by atoms with Gasteiger partial charge in [0.25, 0.3) is 0 Å². The third kappa shape index (κ3) is 41.5. The van der Waals surface area contributed by atoms with E-state index in [-0.39, 0.29) is 134 Å². The second-order valence-electron chi connectivity index (χ2n) is 0. The topological polar surface area (TPSA) is 0 Å². The van der Waals surface area contributed by atoms with Crippen LogP contribution in [0.25, 0.3) is 0 Å². The van der Waals surface area contributed by atoms with E-state index < -0.39 is 0 Å². The summed E-state index contributed by atoms with van der Waals surface area (Å²) < 4.78 is 0. The van der Waals surface area contributed by atoms with E-state index in [9.17, 15) is 0 Å². The van der Waals surface area contributed by atoms with Crippen LogP contribution in [-0.4, -0.2) is 0 Å². The van der Waals surface area contributed by atoms with Crippen molar-refractivity contribution in [1.29, 1.82) is 0 Å². The van der Waals surface area contributed by atoms with Crippen LogP contribution in [0.3, 0.4) is 0 Å². The van der Waals surface area contributed by atoms with Crippen LogP contribution in [0.5, 0.6) is 0 Å². The maximum absolute atomic E-state index is 0. The molecule has 0 amide bonds. The second-order valence-corrected chi connectivity index (χ2v) is 0. The molecule has 0 saturated carbocycles. The summed E-state index contributed by atoms with van der Waals surface area (Å²) in [6.07, 6.45) is 0. The molecule has 46 valence electrons. The monoisotopic (exact) mass is 409 g/mol. The number of halogens is 5. The Labute approximate surface area is 131 Å². The Morgan fingerprint density at radius 2 is 0.429 bits per heavy atom. The van der Waals surface area contributed by atoms with Crippen LogP contribution < -0.4 is 113 Å². The Morgan fingerprint density at radius 3 is 0.429 bits per heavy atom. The Hall–Kier alpha value is 3.77. The maximum atomic E-state index is 0. The summed E-state index contributed by atoms with van der Waals surface area (Å²) in [5, 5.41) is 0. The van der Waals surface area contributed by atoms with Crippen LogP contribution in [0.2, 0.25) is 0 Å². The van der Waals surface area contributed by atoms with E-state index in [0.29, 0.717) is 0 Å². The van der Waals surface area contributed by atoms with Crippen molar-refractivity contribution in [2.75, 3.05) is 0 Å². The van der Waals surface area contributed by atoms with Crippen molar-refractivity contribution in [2.24, 2.45) is 0 Å². The zero-order valence-corrected chi connectivity index (χ0v) is 12.4. The van der Waals surface area contributed by atoms with Gasteiger partial charge in [0, 0.05) is 0 Å². The van der Waals surface area contributed by atoms with Crippen LogP contribution in [0.15, 0.2) is 0 Å². The Bertz CT molecular complexity index is 8.04. The van der Waals surface area contributed by atoms with Gasteiger partial charge in [-0.2, -0.15) is 0 Å². The molecule has 0 aliphatic carbocycles. The third-order valence-electron chi connectivity index (χ3n) is 0. The van der Waals surface area contributed by atoms with Gasteiger partial charge >= 0.3 is 72.4 Å². The van der Waals surface area contributed by atoms with Crippen molar-refractivity contribution in [3.8, 4) is 0 Å². The molecule has 0 spiro atoms. The van der Waals surface area contributed by atoms with E-state index >= 15 is 0 Å². The van der Waals surface area contributed by atoms with E-state index in [1.54, 1.807) is 0 Å². The molecule has 0 atom stereocenters. The predicted octanol–water partition coefficient (Wildman–Crippen LogP) is -18.0. The molecule has 0 nitrogen and oxygen atoms in total. The Kier molecular flexibility index (Phi) is 545. The third-order valence-corrected chi connectivity index (χ3v) is 0. The zero-order valence-electron chi connectivity index (χ0n) is 3.21. The van der Waals surface area contributed by atoms with Gasteiger partial charge in [0.1, 0.15) is 0 Å². The molecule has 0 heterocycles. The van der Waals surface area contributed by atoms with E-state index in [4.69, 9.17) is 0 Å². The molecular weight excluding hydrogens is 411 g/mol. The van der Waals surface area contributed by atoms with Gasteiger partial charge in [-0.05, 0) is 0 Å². The average Bonchev–Trinajstić information content (AvgIpc) is 0. The van der Waals surface area contributed by atoms with Crippen LogP contribution in [-0.2, 0) is 21.1 Å². The number of rotatable bonds is 0. The van der Waals surface area contributed by atoms with Gasteiger partial charge in [-0.15, -0.1) is 0 Å². The fourth-order valence-corrected chi connectivity index (χ4v) is 0. The summed E-state index contributed by atoms with van der Waals surface area (Å²) >= 11 is 0. The van der Waals surface area contributed by atoms with Crippen molar-refractivity contribution in [2.45, 2.75) is 0 Å². The van der Waals surface area contributed by atoms with Gasteiger partial charge < -0.3 is 62.0 Å². The molecular formula is Cl5KPt. The molecule has 7 heteroatoms. The standard InChI is InChI=1S/5ClH.K.Pt/h5*1H;;/q;;;;;+1;+4/p-5. The minimum absolute atomic E-state index is 0. The largest absolute Gasteiger partial charge is 4.00 e. The fourth-order valence-electron chi connectivity index (χ4n) is 0. The van der Waals surface area contributed by atoms with Crippen LogP contribution in [0.4, 0.5) is 0 Å². The summed E-state index contributed by atoms with van der Waals surface area (Å²) in [4.78, 5) is 0. The number of hydrogen-bond donors (Lipinski definition) is 0. The van der Waals surface area contributed by atoms with Crippen LogP contribution in [0, 0.1) is 0 Å². The predicted molar refractivity (Wildman–Crippen MR) is 0 cm³/mol. The summed E-state index contributed by atoms with van der Waals surface area (Å²) in [6.45, 7) is 0. The van der Waals surface area contributed by atoms with Crippen molar-refractivity contribution >= 4 is 0 Å². The molecule has 0 N–H and O–H groups in total. The molecule has 0 bridgehead atoms. The molecule has 7 heavy (non-hydrogen) atoms. The minimum atomic E-state index is 0. The molecule has 0 radical (unpaired) electrons. The van der Waals surface area contributed by atoms with Gasteiger partial charge in [0.15, 0.2) is 0 Å². The van der Waals surface area contributed by atoms with E-state index in [2.05, 4.69) is 0 Å². The first kappa shape index (κ1) is 72.3. The van der Waals surface area contributed by atoms with Crippen molar-refractivity contribution in [3.05, 3.63) is 0 Å². The van der Waals surface area contributed by atoms with Gasteiger partial charge in [0.2, 0.25) is 0 Å². The van der Waals surface area contributed by atoms with Crippen molar-refractivity contribution < 1.29 is 134 Å². The molecule has 0 saturated heterocycles. The Balaban J connectivity index is 0. The van der Waals surface area contributed by atoms with E-state index in [0.717, 1.165) is 0 Å². The van der Waals surface area contributed by atoms with Crippen molar-refractivity contribution in [3.63, 3.8) is 0 Å². The molecule has 0 aromatic carbocycles. The smallest absolute Gasteiger partial charge is 1.00 e. The molecule has 0 unspecified atom stereocenters. The first-order chi connectivity index (χ1) is 0. The fraction of sp³-hybridized carbons (Fsp3) is 0. The maximum Gasteiger partial charge on any atom is 4.00 e. The average molecular weight is 411 g/mol. The van der Waals surface area contributed by atoms with Gasteiger partial charge in [-0.25, -0.2) is 0 Å². The summed E-state index contributed by atoms with van der Waals surface area (Å²) in [5.41, 5.74) is 0. The molecule has 0 fully saturated rings. The van der Waals surface area contributed by atoms with Gasteiger partial charge in [0.05, 0.1) is 0 Å². The van der Waals surface area contributed by atoms with E-state index in [1.807, 2.05) is 0 Å². The molecule has 0 aromatic rings. The Morgan fingerprint density at radius 1 is 0.429 bits per heavy atom. The SMILES string of the molecule is [Cl-].[Cl-].[Cl-].[Cl-].[Cl-].[K+].[Pt+4]. The summed E-state index contributed by atoms with van der Waals surface area (Å²) in [5.74, 6) is 0. The first-order valence-corrected chi connectivity index (χ1v) is 0. The first-order valence-electron chi connectivity index (χ1n) is 0. The molecule has 0 aliphatic heterocycles. The van der Waals surface area contributed by atoms with Crippen LogP contribution in [0.1, 0.15) is 0 Å². The second kappa shape index (κ2) is 52.8. The normalized spacial score (nSPS) is 0. The summed E-state index contributed by atoms with van der Waals surface area (Å²) in [6, 6.07) is 0. The summed E-state index contributed by atoms with van der Waals surface area (Å²) in [7, 11) is 0. The van der Waals surface area contributed by atoms with E-state index in [1.165, 1.54) is 0 Å². The minimum Gasteiger partial charge on any atom is -1.00 e. The molecule has 0 rings (SSSR count). The molecule has 0 aromatic heterocycles. The van der Waals surface area contributed by atoms with Crippen LogP contribution >= 0.6 is 0 Å². The number of hydrogen-bond acceptors (Lipinski definition) is 0. The van der Waals surface area contributed by atoms with Crippen molar-refractivity contribution in [1.82, 2.24) is 0 Å². The zero-order chi connectivity index (χ0) is 0. The van der Waals surface area contributed by atoms with Gasteiger partial charge in [-0.1, -0.05) is 0 Å². The van der Waals surface area contributed by atoms with Gasteiger partial charge in [-0.3, -0.25) is 0 Å².